The molecule has 0 amide bonds. The molecule has 1 aromatic heterocycles. The molecule has 0 saturated carbocycles. The average molecular weight is 341 g/mol. The lowest BCUT2D eigenvalue weighted by atomic mass is 10.1. The molecule has 12 heavy (non-hydrogen) atoms. The van der Waals surface area contributed by atoms with Crippen LogP contribution in [0.25, 0.3) is 0 Å². The molecule has 2 N–H and O–H groups in total. The first kappa shape index (κ1) is 10.4. The highest BCUT2D eigenvalue weighted by Gasteiger charge is 2.06. The van der Waals surface area contributed by atoms with Crippen molar-refractivity contribution in [1.82, 2.24) is 4.98 Å². The molecule has 4 heteroatoms. The summed E-state index contributed by atoms with van der Waals surface area (Å²) in [7, 11) is 0. The summed E-state index contributed by atoms with van der Waals surface area (Å²) in [5, 5.41) is 0. The summed E-state index contributed by atoms with van der Waals surface area (Å²) < 4.78 is 1.99. The third-order valence-electron chi connectivity index (χ3n) is 1.64. The summed E-state index contributed by atoms with van der Waals surface area (Å²) in [5.74, 6) is 0. The minimum atomic E-state index is 0.0540. The Hall–Kier alpha value is 0.320. The van der Waals surface area contributed by atoms with Gasteiger partial charge in [0.2, 0.25) is 0 Å². The van der Waals surface area contributed by atoms with E-state index in [1.54, 1.807) is 0 Å². The Balaban J connectivity index is 2.96. The highest BCUT2D eigenvalue weighted by atomic mass is 127. The quantitative estimate of drug-likeness (QED) is 0.664. The molecule has 0 spiro atoms. The monoisotopic (exact) mass is 340 g/mol. The number of aromatic nitrogens is 1. The second-order valence-corrected chi connectivity index (χ2v) is 4.44. The molecule has 1 aromatic rings. The molecule has 66 valence electrons. The number of hydrogen-bond acceptors (Lipinski definition) is 2. The summed E-state index contributed by atoms with van der Waals surface area (Å²) in [6.07, 6.45) is 0.917. The van der Waals surface area contributed by atoms with Crippen LogP contribution in [0, 0.1) is 3.57 Å². The third-order valence-corrected chi connectivity index (χ3v) is 3.86. The number of halogens is 2. The molecule has 0 aliphatic carbocycles. The van der Waals surface area contributed by atoms with Crippen molar-refractivity contribution in [3.05, 3.63) is 26.0 Å². The van der Waals surface area contributed by atoms with E-state index in [1.807, 2.05) is 12.1 Å². The molecular weight excluding hydrogens is 331 g/mol. The maximum absolute atomic E-state index is 5.83. The van der Waals surface area contributed by atoms with Crippen LogP contribution in [0.15, 0.2) is 16.7 Å². The van der Waals surface area contributed by atoms with Crippen molar-refractivity contribution < 1.29 is 0 Å². The number of hydrogen-bond donors (Lipinski definition) is 1. The Morgan fingerprint density at radius 1 is 1.67 bits per heavy atom. The van der Waals surface area contributed by atoms with Crippen LogP contribution < -0.4 is 5.73 Å². The Morgan fingerprint density at radius 2 is 2.33 bits per heavy atom. The minimum absolute atomic E-state index is 0.0540. The fourth-order valence-corrected chi connectivity index (χ4v) is 1.48. The molecule has 2 nitrogen and oxygen atoms in total. The molecule has 0 bridgehead atoms. The van der Waals surface area contributed by atoms with Crippen LogP contribution in [0.1, 0.15) is 25.1 Å². The van der Waals surface area contributed by atoms with Gasteiger partial charge in [-0.2, -0.15) is 0 Å². The smallest absolute Gasteiger partial charge is 0.119 e. The van der Waals surface area contributed by atoms with Gasteiger partial charge in [0.05, 0.1) is 5.69 Å². The topological polar surface area (TPSA) is 38.9 Å². The van der Waals surface area contributed by atoms with E-state index >= 15 is 0 Å². The molecule has 1 rings (SSSR count). The lowest BCUT2D eigenvalue weighted by Gasteiger charge is -2.08. The number of nitrogens with zero attached hydrogens (tertiary/aromatic N) is 1. The van der Waals surface area contributed by atoms with Gasteiger partial charge in [0.1, 0.15) is 4.60 Å². The first-order valence-corrected chi connectivity index (χ1v) is 5.59. The van der Waals surface area contributed by atoms with Crippen molar-refractivity contribution in [3.63, 3.8) is 0 Å². The van der Waals surface area contributed by atoms with Crippen LogP contribution in [0.2, 0.25) is 0 Å². The van der Waals surface area contributed by atoms with E-state index in [0.717, 1.165) is 20.3 Å². The molecule has 0 unspecified atom stereocenters. The zero-order valence-electron chi connectivity index (χ0n) is 6.72. The maximum Gasteiger partial charge on any atom is 0.119 e. The van der Waals surface area contributed by atoms with Gasteiger partial charge in [0.25, 0.3) is 0 Å². The van der Waals surface area contributed by atoms with Crippen molar-refractivity contribution >= 4 is 38.5 Å². The Bertz CT molecular complexity index is 278. The number of nitrogens with two attached hydrogens (primary N) is 1. The summed E-state index contributed by atoms with van der Waals surface area (Å²) >= 11 is 5.60. The predicted molar refractivity (Wildman–Crippen MR) is 61.9 cm³/mol. The molecule has 0 fully saturated rings. The van der Waals surface area contributed by atoms with E-state index in [4.69, 9.17) is 5.73 Å². The van der Waals surface area contributed by atoms with Gasteiger partial charge in [-0.3, -0.25) is 0 Å². The van der Waals surface area contributed by atoms with Gasteiger partial charge < -0.3 is 5.73 Å². The Labute approximate surface area is 94.2 Å². The standard InChI is InChI=1S/C8H10BrIN2/c1-2-6(11)7-4-3-5(10)8(9)12-7/h3-4,6H,2,11H2,1H3/t6-/m1/s1. The first-order valence-electron chi connectivity index (χ1n) is 3.72. The summed E-state index contributed by atoms with van der Waals surface area (Å²) in [4.78, 5) is 4.33. The zero-order chi connectivity index (χ0) is 9.14. The Morgan fingerprint density at radius 3 is 2.83 bits per heavy atom. The van der Waals surface area contributed by atoms with Crippen molar-refractivity contribution in [3.8, 4) is 0 Å². The van der Waals surface area contributed by atoms with Crippen LogP contribution in [-0.2, 0) is 0 Å². The second kappa shape index (κ2) is 4.53. The van der Waals surface area contributed by atoms with E-state index < -0.39 is 0 Å². The SMILES string of the molecule is CC[C@@H](N)c1ccc(I)c(Br)n1. The van der Waals surface area contributed by atoms with Gasteiger partial charge in [-0.15, -0.1) is 0 Å². The van der Waals surface area contributed by atoms with Crippen LogP contribution >= 0.6 is 38.5 Å². The van der Waals surface area contributed by atoms with Crippen molar-refractivity contribution in [2.24, 2.45) is 5.73 Å². The lowest BCUT2D eigenvalue weighted by molar-refractivity contribution is 0.673. The largest absolute Gasteiger partial charge is 0.323 e. The fourth-order valence-electron chi connectivity index (χ4n) is 0.847. The van der Waals surface area contributed by atoms with Gasteiger partial charge in [-0.1, -0.05) is 6.92 Å². The van der Waals surface area contributed by atoms with Gasteiger partial charge >= 0.3 is 0 Å². The van der Waals surface area contributed by atoms with Crippen molar-refractivity contribution in [1.29, 1.82) is 0 Å². The molecule has 1 atom stereocenters. The molecular formula is C8H10BrIN2. The average Bonchev–Trinajstić information content (AvgIpc) is 2.08. The predicted octanol–water partition coefficient (Wildman–Crippen LogP) is 2.86. The van der Waals surface area contributed by atoms with Crippen molar-refractivity contribution in [2.75, 3.05) is 0 Å². The molecule has 1 heterocycles. The first-order chi connectivity index (χ1) is 5.65. The summed E-state index contributed by atoms with van der Waals surface area (Å²) in [6, 6.07) is 4.04. The van der Waals surface area contributed by atoms with E-state index in [2.05, 4.69) is 50.4 Å². The molecule has 0 saturated heterocycles. The lowest BCUT2D eigenvalue weighted by Crippen LogP contribution is -2.10. The minimum Gasteiger partial charge on any atom is -0.323 e. The third kappa shape index (κ3) is 2.40. The maximum atomic E-state index is 5.83. The van der Waals surface area contributed by atoms with Gasteiger partial charge in [0.15, 0.2) is 0 Å². The van der Waals surface area contributed by atoms with Crippen LogP contribution in [-0.4, -0.2) is 4.98 Å². The van der Waals surface area contributed by atoms with Crippen LogP contribution in [0.3, 0.4) is 0 Å². The van der Waals surface area contributed by atoms with Gasteiger partial charge in [-0.25, -0.2) is 4.98 Å². The number of rotatable bonds is 2. The molecule has 0 aliphatic rings. The highest BCUT2D eigenvalue weighted by molar-refractivity contribution is 14.1. The van der Waals surface area contributed by atoms with Gasteiger partial charge in [-0.05, 0) is 57.1 Å². The van der Waals surface area contributed by atoms with Crippen LogP contribution in [0.4, 0.5) is 0 Å². The van der Waals surface area contributed by atoms with E-state index in [9.17, 15) is 0 Å². The second-order valence-electron chi connectivity index (χ2n) is 2.52. The zero-order valence-corrected chi connectivity index (χ0v) is 10.5. The fraction of sp³-hybridized carbons (Fsp3) is 0.375. The molecule has 0 aromatic carbocycles. The normalized spacial score (nSPS) is 13.0. The number of pyridine rings is 1. The van der Waals surface area contributed by atoms with Crippen LogP contribution in [0.5, 0.6) is 0 Å². The van der Waals surface area contributed by atoms with Crippen molar-refractivity contribution in [2.45, 2.75) is 19.4 Å². The summed E-state index contributed by atoms with van der Waals surface area (Å²) in [5.41, 5.74) is 6.78. The molecule has 0 aliphatic heterocycles. The van der Waals surface area contributed by atoms with E-state index in [1.165, 1.54) is 0 Å². The molecule has 0 radical (unpaired) electrons. The highest BCUT2D eigenvalue weighted by Crippen LogP contribution is 2.19. The van der Waals surface area contributed by atoms with E-state index in [0.29, 0.717) is 0 Å². The van der Waals surface area contributed by atoms with E-state index in [-0.39, 0.29) is 6.04 Å². The Kier molecular flexibility index (Phi) is 3.92. The summed E-state index contributed by atoms with van der Waals surface area (Å²) in [6.45, 7) is 2.05. The van der Waals surface area contributed by atoms with Gasteiger partial charge in [0, 0.05) is 9.61 Å².